The zero-order valence-corrected chi connectivity index (χ0v) is 11.4. The minimum Gasteiger partial charge on any atom is -0.299 e. The Kier molecular flexibility index (Phi) is 5.96. The Morgan fingerprint density at radius 3 is 2.29 bits per heavy atom. The van der Waals surface area contributed by atoms with Crippen molar-refractivity contribution in [3.63, 3.8) is 0 Å². The minimum atomic E-state index is 0.388. The van der Waals surface area contributed by atoms with Crippen molar-refractivity contribution in [1.29, 1.82) is 0 Å². The van der Waals surface area contributed by atoms with Gasteiger partial charge in [-0.1, -0.05) is 44.4 Å². The van der Waals surface area contributed by atoms with Crippen LogP contribution in [0.3, 0.4) is 0 Å². The van der Waals surface area contributed by atoms with E-state index in [1.54, 1.807) is 0 Å². The number of aryl methyl sites for hydroxylation is 2. The third-order valence-corrected chi connectivity index (χ3v) is 3.33. The van der Waals surface area contributed by atoms with Gasteiger partial charge in [-0.2, -0.15) is 0 Å². The second-order valence-electron chi connectivity index (χ2n) is 4.90. The predicted molar refractivity (Wildman–Crippen MR) is 73.4 cm³/mol. The number of hydrogen-bond acceptors (Lipinski definition) is 1. The molecular weight excluding hydrogens is 208 g/mol. The molecule has 1 rings (SSSR count). The maximum atomic E-state index is 11.9. The quantitative estimate of drug-likeness (QED) is 0.637. The van der Waals surface area contributed by atoms with Crippen LogP contribution in [0.4, 0.5) is 0 Å². The highest BCUT2D eigenvalue weighted by atomic mass is 16.1. The van der Waals surface area contributed by atoms with Crippen LogP contribution in [0.5, 0.6) is 0 Å². The Morgan fingerprint density at radius 2 is 1.71 bits per heavy atom. The molecule has 0 saturated carbocycles. The van der Waals surface area contributed by atoms with Crippen molar-refractivity contribution < 1.29 is 4.79 Å². The molecule has 0 fully saturated rings. The largest absolute Gasteiger partial charge is 0.299 e. The maximum absolute atomic E-state index is 11.9. The average Bonchev–Trinajstić information content (AvgIpc) is 2.30. The van der Waals surface area contributed by atoms with Crippen LogP contribution in [-0.4, -0.2) is 5.78 Å². The number of unbranched alkanes of at least 4 members (excludes halogenated alkanes) is 3. The van der Waals surface area contributed by atoms with Crippen molar-refractivity contribution >= 4 is 5.78 Å². The van der Waals surface area contributed by atoms with E-state index < -0.39 is 0 Å². The van der Waals surface area contributed by atoms with Gasteiger partial charge in [-0.05, 0) is 37.0 Å². The summed E-state index contributed by atoms with van der Waals surface area (Å²) in [5.41, 5.74) is 3.71. The van der Waals surface area contributed by atoms with Gasteiger partial charge in [0.25, 0.3) is 0 Å². The number of carbonyl (C=O) groups excluding carboxylic acids is 1. The number of hydrogen-bond donors (Lipinski definition) is 0. The van der Waals surface area contributed by atoms with Crippen LogP contribution in [0.25, 0.3) is 0 Å². The minimum absolute atomic E-state index is 0.388. The number of benzene rings is 1. The van der Waals surface area contributed by atoms with Gasteiger partial charge in [0.1, 0.15) is 5.78 Å². The first-order valence-electron chi connectivity index (χ1n) is 6.72. The summed E-state index contributed by atoms with van der Waals surface area (Å²) in [6.45, 7) is 6.37. The Morgan fingerprint density at radius 1 is 1.06 bits per heavy atom. The molecule has 0 N–H and O–H groups in total. The Balaban J connectivity index is 2.45. The smallest absolute Gasteiger partial charge is 0.137 e. The highest BCUT2D eigenvalue weighted by molar-refractivity contribution is 5.81. The van der Waals surface area contributed by atoms with E-state index in [9.17, 15) is 4.79 Å². The van der Waals surface area contributed by atoms with Gasteiger partial charge in [0.15, 0.2) is 0 Å². The van der Waals surface area contributed by atoms with Crippen LogP contribution in [0.1, 0.15) is 55.7 Å². The fourth-order valence-electron chi connectivity index (χ4n) is 2.16. The normalized spacial score (nSPS) is 10.5. The number of rotatable bonds is 7. The molecule has 0 heterocycles. The Labute approximate surface area is 105 Å². The van der Waals surface area contributed by atoms with Crippen LogP contribution in [-0.2, 0) is 11.2 Å². The zero-order chi connectivity index (χ0) is 12.7. The van der Waals surface area contributed by atoms with Crippen molar-refractivity contribution in [3.05, 3.63) is 34.9 Å². The van der Waals surface area contributed by atoms with Crippen molar-refractivity contribution in [2.24, 2.45) is 0 Å². The molecule has 0 bridgehead atoms. The lowest BCUT2D eigenvalue weighted by Gasteiger charge is -2.08. The summed E-state index contributed by atoms with van der Waals surface area (Å²) >= 11 is 0. The summed E-state index contributed by atoms with van der Waals surface area (Å²) in [7, 11) is 0. The zero-order valence-electron chi connectivity index (χ0n) is 11.4. The van der Waals surface area contributed by atoms with E-state index >= 15 is 0 Å². The van der Waals surface area contributed by atoms with Gasteiger partial charge in [0.05, 0.1) is 0 Å². The number of ketones is 1. The highest BCUT2D eigenvalue weighted by Gasteiger charge is 2.08. The van der Waals surface area contributed by atoms with Crippen LogP contribution in [0.15, 0.2) is 18.2 Å². The van der Waals surface area contributed by atoms with Crippen LogP contribution < -0.4 is 0 Å². The molecule has 0 radical (unpaired) electrons. The van der Waals surface area contributed by atoms with E-state index in [1.165, 1.54) is 36.0 Å². The standard InChI is InChI=1S/C16H24O/c1-4-5-6-7-11-15(17)12-16-13(2)9-8-10-14(16)3/h8-10H,4-7,11-12H2,1-3H3. The lowest BCUT2D eigenvalue weighted by molar-refractivity contribution is -0.118. The lowest BCUT2D eigenvalue weighted by Crippen LogP contribution is -2.05. The van der Waals surface area contributed by atoms with E-state index in [2.05, 4.69) is 39.0 Å². The van der Waals surface area contributed by atoms with E-state index in [1.807, 2.05) is 0 Å². The first-order chi connectivity index (χ1) is 8.15. The lowest BCUT2D eigenvalue weighted by atomic mass is 9.96. The maximum Gasteiger partial charge on any atom is 0.137 e. The van der Waals surface area contributed by atoms with Gasteiger partial charge in [-0.3, -0.25) is 4.79 Å². The molecule has 0 aliphatic heterocycles. The molecule has 0 aliphatic rings. The van der Waals surface area contributed by atoms with E-state index in [4.69, 9.17) is 0 Å². The summed E-state index contributed by atoms with van der Waals surface area (Å²) in [6, 6.07) is 6.24. The van der Waals surface area contributed by atoms with Gasteiger partial charge < -0.3 is 0 Å². The monoisotopic (exact) mass is 232 g/mol. The SMILES string of the molecule is CCCCCCC(=O)Cc1c(C)cccc1C. The topological polar surface area (TPSA) is 17.1 Å². The molecule has 0 unspecified atom stereocenters. The van der Waals surface area contributed by atoms with Gasteiger partial charge in [-0.15, -0.1) is 0 Å². The number of Topliss-reactive ketones (excluding diaryl/α,β-unsaturated/α-hetero) is 1. The third kappa shape index (κ3) is 4.72. The summed E-state index contributed by atoms with van der Waals surface area (Å²) in [5, 5.41) is 0. The second kappa shape index (κ2) is 7.26. The molecule has 0 spiro atoms. The van der Waals surface area contributed by atoms with Crippen LogP contribution in [0.2, 0.25) is 0 Å². The van der Waals surface area contributed by atoms with E-state index in [0.717, 1.165) is 12.8 Å². The van der Waals surface area contributed by atoms with Crippen LogP contribution in [0, 0.1) is 13.8 Å². The number of carbonyl (C=O) groups is 1. The second-order valence-corrected chi connectivity index (χ2v) is 4.90. The first kappa shape index (κ1) is 14.0. The summed E-state index contributed by atoms with van der Waals surface area (Å²) in [6.07, 6.45) is 6.08. The Bertz CT molecular complexity index is 346. The molecule has 17 heavy (non-hydrogen) atoms. The molecule has 1 nitrogen and oxygen atoms in total. The van der Waals surface area contributed by atoms with Gasteiger partial charge in [-0.25, -0.2) is 0 Å². The average molecular weight is 232 g/mol. The summed E-state index contributed by atoms with van der Waals surface area (Å²) in [4.78, 5) is 11.9. The van der Waals surface area contributed by atoms with Gasteiger partial charge in [0, 0.05) is 12.8 Å². The highest BCUT2D eigenvalue weighted by Crippen LogP contribution is 2.15. The molecule has 0 saturated heterocycles. The third-order valence-electron chi connectivity index (χ3n) is 3.33. The van der Waals surface area contributed by atoms with Gasteiger partial charge in [0.2, 0.25) is 0 Å². The van der Waals surface area contributed by atoms with Crippen molar-refractivity contribution in [1.82, 2.24) is 0 Å². The fourth-order valence-corrected chi connectivity index (χ4v) is 2.16. The molecule has 0 aromatic heterocycles. The first-order valence-corrected chi connectivity index (χ1v) is 6.72. The predicted octanol–water partition coefficient (Wildman–Crippen LogP) is 4.39. The van der Waals surface area contributed by atoms with E-state index in [0.29, 0.717) is 12.2 Å². The Hall–Kier alpha value is -1.11. The van der Waals surface area contributed by atoms with Gasteiger partial charge >= 0.3 is 0 Å². The molecule has 1 aromatic rings. The summed E-state index contributed by atoms with van der Waals surface area (Å²) < 4.78 is 0. The van der Waals surface area contributed by atoms with Crippen molar-refractivity contribution in [2.75, 3.05) is 0 Å². The summed E-state index contributed by atoms with van der Waals surface area (Å²) in [5.74, 6) is 0.388. The molecule has 0 atom stereocenters. The molecule has 1 aromatic carbocycles. The van der Waals surface area contributed by atoms with Crippen molar-refractivity contribution in [2.45, 2.75) is 59.3 Å². The van der Waals surface area contributed by atoms with Crippen LogP contribution >= 0.6 is 0 Å². The van der Waals surface area contributed by atoms with Crippen molar-refractivity contribution in [3.8, 4) is 0 Å². The molecule has 1 heteroatoms. The molecular formula is C16H24O. The fraction of sp³-hybridized carbons (Fsp3) is 0.562. The molecule has 94 valence electrons. The van der Waals surface area contributed by atoms with E-state index in [-0.39, 0.29) is 0 Å². The molecule has 0 amide bonds. The molecule has 0 aliphatic carbocycles.